The topological polar surface area (TPSA) is 59.0 Å². The maximum atomic E-state index is 12.0. The first-order valence-corrected chi connectivity index (χ1v) is 7.00. The smallest absolute Gasteiger partial charge is 0.330 e. The minimum Gasteiger partial charge on any atom is -0.464 e. The van der Waals surface area contributed by atoms with Crippen molar-refractivity contribution < 1.29 is 15.7 Å². The number of anilines is 1. The largest absolute Gasteiger partial charge is 0.464 e. The Balaban J connectivity index is 2.41. The highest BCUT2D eigenvalue weighted by molar-refractivity contribution is 6.18. The molecule has 1 aromatic carbocycles. The van der Waals surface area contributed by atoms with E-state index in [0.717, 1.165) is 11.3 Å². The number of amidine groups is 1. The van der Waals surface area contributed by atoms with Crippen molar-refractivity contribution in [3.63, 3.8) is 0 Å². The van der Waals surface area contributed by atoms with Crippen LogP contribution in [0.4, 0.5) is 5.69 Å². The molecule has 1 heterocycles. The van der Waals surface area contributed by atoms with Gasteiger partial charge in [-0.3, -0.25) is 14.7 Å². The second-order valence-electron chi connectivity index (χ2n) is 4.81. The molecule has 2 rings (SSSR count). The van der Waals surface area contributed by atoms with Crippen LogP contribution in [0.3, 0.4) is 0 Å². The number of hydrogen-bond donors (Lipinski definition) is 0. The van der Waals surface area contributed by atoms with E-state index in [9.17, 15) is 9.59 Å². The standard InChI is InChI=1S/C16H20N2O3/c1-4-21-16(20)11(2)17-15-10-9-13-7-5-6-8-14(13)18(15)12(3)19/h5-8,11H,4,9-10H2,1-3H3/t11-/m0/s1/i10D/t10?,11-. The molecule has 5 nitrogen and oxygen atoms in total. The van der Waals surface area contributed by atoms with Crippen LogP contribution in [0.2, 0.25) is 0 Å². The van der Waals surface area contributed by atoms with Crippen molar-refractivity contribution in [1.82, 2.24) is 0 Å². The summed E-state index contributed by atoms with van der Waals surface area (Å²) in [5.74, 6) is -0.379. The number of fused-ring (bicyclic) bond motifs is 1. The zero-order valence-electron chi connectivity index (χ0n) is 13.5. The monoisotopic (exact) mass is 289 g/mol. The van der Waals surface area contributed by atoms with Gasteiger partial charge < -0.3 is 4.74 Å². The summed E-state index contributed by atoms with van der Waals surface area (Å²) in [6.07, 6.45) is -0.218. The summed E-state index contributed by atoms with van der Waals surface area (Å²) in [4.78, 5) is 29.5. The van der Waals surface area contributed by atoms with Crippen LogP contribution in [0.15, 0.2) is 29.3 Å². The Bertz CT molecular complexity index is 615. The lowest BCUT2D eigenvalue weighted by Gasteiger charge is -2.30. The van der Waals surface area contributed by atoms with Crippen LogP contribution in [0.5, 0.6) is 0 Å². The Morgan fingerprint density at radius 1 is 1.48 bits per heavy atom. The summed E-state index contributed by atoms with van der Waals surface area (Å²) in [6.45, 7) is 5.04. The molecule has 1 aliphatic heterocycles. The molecule has 0 radical (unpaired) electrons. The molecule has 0 aromatic heterocycles. The van der Waals surface area contributed by atoms with Crippen LogP contribution >= 0.6 is 0 Å². The summed E-state index contributed by atoms with van der Waals surface area (Å²) < 4.78 is 13.2. The number of aliphatic imine (C=N–C) groups is 1. The van der Waals surface area contributed by atoms with Gasteiger partial charge in [0.1, 0.15) is 11.9 Å². The number of rotatable bonds is 3. The molecule has 0 saturated heterocycles. The second-order valence-corrected chi connectivity index (χ2v) is 4.81. The normalized spacial score (nSPS) is 21.5. The number of amides is 1. The van der Waals surface area contributed by atoms with Crippen molar-refractivity contribution >= 4 is 23.4 Å². The Hall–Kier alpha value is -2.17. The Morgan fingerprint density at radius 3 is 2.86 bits per heavy atom. The lowest BCUT2D eigenvalue weighted by molar-refractivity contribution is -0.144. The summed E-state index contributed by atoms with van der Waals surface area (Å²) in [6, 6.07) is 6.71. The van der Waals surface area contributed by atoms with Gasteiger partial charge in [-0.2, -0.15) is 0 Å². The van der Waals surface area contributed by atoms with Gasteiger partial charge in [0.05, 0.1) is 12.3 Å². The van der Waals surface area contributed by atoms with E-state index in [4.69, 9.17) is 6.11 Å². The first-order valence-electron chi connectivity index (χ1n) is 7.58. The fourth-order valence-corrected chi connectivity index (χ4v) is 2.27. The Morgan fingerprint density at radius 2 is 2.19 bits per heavy atom. The maximum absolute atomic E-state index is 12.0. The van der Waals surface area contributed by atoms with E-state index >= 15 is 0 Å². The molecule has 5 heteroatoms. The predicted molar refractivity (Wildman–Crippen MR) is 81.5 cm³/mol. The van der Waals surface area contributed by atoms with Crippen molar-refractivity contribution in [3.05, 3.63) is 29.8 Å². The molecule has 0 fully saturated rings. The predicted octanol–water partition coefficient (Wildman–Crippen LogP) is 2.34. The lowest BCUT2D eigenvalue weighted by Crippen LogP contribution is -2.40. The van der Waals surface area contributed by atoms with Crippen LogP contribution in [0.1, 0.15) is 34.1 Å². The number of carbonyl (C=O) groups is 2. The van der Waals surface area contributed by atoms with Crippen molar-refractivity contribution in [1.29, 1.82) is 0 Å². The lowest BCUT2D eigenvalue weighted by atomic mass is 10.0. The number of ether oxygens (including phenoxy) is 1. The highest BCUT2D eigenvalue weighted by Gasteiger charge is 2.26. The molecule has 0 spiro atoms. The van der Waals surface area contributed by atoms with Gasteiger partial charge in [-0.15, -0.1) is 0 Å². The van der Waals surface area contributed by atoms with Gasteiger partial charge in [-0.25, -0.2) is 4.79 Å². The molecule has 0 bridgehead atoms. The minimum atomic E-state index is -0.741. The van der Waals surface area contributed by atoms with Crippen LogP contribution < -0.4 is 4.90 Å². The van der Waals surface area contributed by atoms with Crippen molar-refractivity contribution in [2.45, 2.75) is 39.6 Å². The summed E-state index contributed by atoms with van der Waals surface area (Å²) in [5, 5.41) is 0. The molecule has 1 unspecified atom stereocenters. The Kier molecular flexibility index (Phi) is 4.28. The van der Waals surface area contributed by atoms with Crippen LogP contribution in [-0.2, 0) is 20.7 Å². The third-order valence-electron chi connectivity index (χ3n) is 3.23. The molecule has 21 heavy (non-hydrogen) atoms. The van der Waals surface area contributed by atoms with E-state index in [-0.39, 0.29) is 12.5 Å². The highest BCUT2D eigenvalue weighted by Crippen LogP contribution is 2.28. The van der Waals surface area contributed by atoms with Crippen LogP contribution in [-0.4, -0.2) is 30.4 Å². The van der Waals surface area contributed by atoms with E-state index in [1.54, 1.807) is 13.8 Å². The van der Waals surface area contributed by atoms with Crippen LogP contribution in [0.25, 0.3) is 0 Å². The quantitative estimate of drug-likeness (QED) is 0.802. The van der Waals surface area contributed by atoms with Gasteiger partial charge in [0.25, 0.3) is 0 Å². The third-order valence-corrected chi connectivity index (χ3v) is 3.23. The summed E-state index contributed by atoms with van der Waals surface area (Å²) >= 11 is 0. The first-order chi connectivity index (χ1) is 10.5. The number of benzene rings is 1. The second kappa shape index (κ2) is 6.52. The van der Waals surface area contributed by atoms with Gasteiger partial charge in [0.15, 0.2) is 0 Å². The van der Waals surface area contributed by atoms with E-state index in [1.807, 2.05) is 24.3 Å². The van der Waals surface area contributed by atoms with E-state index in [2.05, 4.69) is 4.99 Å². The number of hydrogen-bond acceptors (Lipinski definition) is 4. The van der Waals surface area contributed by atoms with Gasteiger partial charge in [-0.1, -0.05) is 18.2 Å². The maximum Gasteiger partial charge on any atom is 0.330 e. The average molecular weight is 289 g/mol. The Labute approximate surface area is 126 Å². The average Bonchev–Trinajstić information content (AvgIpc) is 2.47. The molecule has 112 valence electrons. The molecule has 2 atom stereocenters. The zero-order chi connectivity index (χ0) is 16.3. The number of esters is 1. The van der Waals surface area contributed by atoms with E-state index < -0.39 is 18.4 Å². The molecular formula is C16H20N2O3. The third kappa shape index (κ3) is 3.29. The first kappa shape index (κ1) is 13.8. The van der Waals surface area contributed by atoms with Crippen molar-refractivity contribution in [2.75, 3.05) is 11.5 Å². The highest BCUT2D eigenvalue weighted by atomic mass is 16.5. The van der Waals surface area contributed by atoms with E-state index in [0.29, 0.717) is 12.3 Å². The van der Waals surface area contributed by atoms with Gasteiger partial charge in [0.2, 0.25) is 5.91 Å². The molecule has 1 amide bonds. The minimum absolute atomic E-state index is 0.223. The summed E-state index contributed by atoms with van der Waals surface area (Å²) in [5.41, 5.74) is 1.66. The van der Waals surface area contributed by atoms with Gasteiger partial charge in [0, 0.05) is 14.7 Å². The van der Waals surface area contributed by atoms with Crippen molar-refractivity contribution in [2.24, 2.45) is 4.99 Å². The number of para-hydroxylation sites is 1. The molecule has 0 N–H and O–H groups in total. The van der Waals surface area contributed by atoms with E-state index in [1.165, 1.54) is 11.8 Å². The van der Waals surface area contributed by atoms with Gasteiger partial charge in [-0.05, 0) is 31.9 Å². The molecule has 0 saturated carbocycles. The van der Waals surface area contributed by atoms with Gasteiger partial charge >= 0.3 is 5.97 Å². The fraction of sp³-hybridized carbons (Fsp3) is 0.438. The summed E-state index contributed by atoms with van der Waals surface area (Å²) in [7, 11) is 0. The molecular weight excluding hydrogens is 268 g/mol. The SMILES string of the molecule is [2H]C1Cc2ccccc2N(C(C)=O)C1=N[C@@H](C)C(=O)OCC. The number of aryl methyl sites for hydroxylation is 1. The van der Waals surface area contributed by atoms with Crippen molar-refractivity contribution in [3.8, 4) is 0 Å². The van der Waals surface area contributed by atoms with Crippen LogP contribution in [0, 0.1) is 0 Å². The molecule has 0 aliphatic carbocycles. The molecule has 1 aromatic rings. The fourth-order valence-electron chi connectivity index (χ4n) is 2.27. The number of carbonyl (C=O) groups excluding carboxylic acids is 2. The number of nitrogens with zero attached hydrogens (tertiary/aromatic N) is 2. The zero-order valence-corrected chi connectivity index (χ0v) is 12.5. The molecule has 1 aliphatic rings.